The van der Waals surface area contributed by atoms with Crippen LogP contribution in [0.2, 0.25) is 5.02 Å². The standard InChI is InChI=1S/C26H22ClF3N8O3/c1-13(16-8-32-26(36-20(16)12-39)37-6-2-3-21(37)40)38-11-14(7-33-38)34-25(41)19-10-31-9-18(35-19)22-15(24(29)30)4-5-17(27)23(22)28/h4-5,7-11,13,24,39H,2-3,6,12H2,1H3,(H,34,41). The number of benzene rings is 1. The van der Waals surface area contributed by atoms with Gasteiger partial charge in [0.15, 0.2) is 5.82 Å². The Kier molecular flexibility index (Phi) is 7.94. The molecular weight excluding hydrogens is 565 g/mol. The number of anilines is 2. The van der Waals surface area contributed by atoms with Gasteiger partial charge in [0.05, 0.1) is 53.3 Å². The number of amides is 2. The Morgan fingerprint density at radius 3 is 2.68 bits per heavy atom. The van der Waals surface area contributed by atoms with Crippen molar-refractivity contribution in [2.24, 2.45) is 0 Å². The Hall–Kier alpha value is -4.43. The van der Waals surface area contributed by atoms with E-state index in [1.54, 1.807) is 6.92 Å². The Morgan fingerprint density at radius 2 is 1.98 bits per heavy atom. The first-order chi connectivity index (χ1) is 19.7. The number of carbonyl (C=O) groups is 2. The largest absolute Gasteiger partial charge is 0.390 e. The van der Waals surface area contributed by atoms with Crippen molar-refractivity contribution in [3.63, 3.8) is 0 Å². The molecule has 1 atom stereocenters. The molecule has 4 aromatic rings. The van der Waals surface area contributed by atoms with Crippen LogP contribution in [-0.4, -0.2) is 53.2 Å². The van der Waals surface area contributed by atoms with Crippen molar-refractivity contribution >= 4 is 35.1 Å². The van der Waals surface area contributed by atoms with Gasteiger partial charge in [-0.1, -0.05) is 17.7 Å². The second kappa shape index (κ2) is 11.6. The third-order valence-corrected chi connectivity index (χ3v) is 6.84. The summed E-state index contributed by atoms with van der Waals surface area (Å²) in [6, 6.07) is 1.54. The summed E-state index contributed by atoms with van der Waals surface area (Å²) in [6.45, 7) is 1.90. The first kappa shape index (κ1) is 28.1. The Balaban J connectivity index is 1.35. The number of halogens is 4. The molecule has 0 bridgehead atoms. The average Bonchev–Trinajstić information content (AvgIpc) is 3.62. The zero-order valence-corrected chi connectivity index (χ0v) is 22.2. The van der Waals surface area contributed by atoms with Crippen molar-refractivity contribution in [2.75, 3.05) is 16.8 Å². The maximum absolute atomic E-state index is 14.7. The van der Waals surface area contributed by atoms with E-state index >= 15 is 0 Å². The van der Waals surface area contributed by atoms with Crippen molar-refractivity contribution in [2.45, 2.75) is 38.8 Å². The Morgan fingerprint density at radius 1 is 1.17 bits per heavy atom. The molecule has 3 aromatic heterocycles. The number of aliphatic hydroxyl groups is 1. The molecule has 1 aromatic carbocycles. The van der Waals surface area contributed by atoms with Gasteiger partial charge in [0, 0.05) is 42.0 Å². The molecule has 2 N–H and O–H groups in total. The van der Waals surface area contributed by atoms with Crippen LogP contribution in [0.25, 0.3) is 11.3 Å². The highest BCUT2D eigenvalue weighted by atomic mass is 35.5. The molecule has 41 heavy (non-hydrogen) atoms. The highest BCUT2D eigenvalue weighted by Gasteiger charge is 2.26. The minimum absolute atomic E-state index is 0.0791. The van der Waals surface area contributed by atoms with Crippen LogP contribution in [0.4, 0.5) is 24.8 Å². The summed E-state index contributed by atoms with van der Waals surface area (Å²) in [5.41, 5.74) is -0.577. The summed E-state index contributed by atoms with van der Waals surface area (Å²) in [5.74, 6) is -1.70. The number of hydrogen-bond acceptors (Lipinski definition) is 8. The van der Waals surface area contributed by atoms with Crippen molar-refractivity contribution < 1.29 is 27.9 Å². The summed E-state index contributed by atoms with van der Waals surface area (Å²) in [7, 11) is 0. The minimum Gasteiger partial charge on any atom is -0.390 e. The van der Waals surface area contributed by atoms with Gasteiger partial charge in [-0.2, -0.15) is 5.10 Å². The second-order valence-electron chi connectivity index (χ2n) is 9.13. The first-order valence-electron chi connectivity index (χ1n) is 12.4. The number of aromatic nitrogens is 6. The molecule has 0 saturated carbocycles. The van der Waals surface area contributed by atoms with E-state index in [0.717, 1.165) is 24.5 Å². The fourth-order valence-electron chi connectivity index (χ4n) is 4.44. The Labute approximate surface area is 236 Å². The van der Waals surface area contributed by atoms with Crippen LogP contribution in [0.5, 0.6) is 0 Å². The van der Waals surface area contributed by atoms with Gasteiger partial charge >= 0.3 is 0 Å². The summed E-state index contributed by atoms with van der Waals surface area (Å²) in [4.78, 5) is 43.0. The predicted molar refractivity (Wildman–Crippen MR) is 141 cm³/mol. The third kappa shape index (κ3) is 5.60. The number of aliphatic hydroxyl groups excluding tert-OH is 1. The maximum atomic E-state index is 14.7. The lowest BCUT2D eigenvalue weighted by Crippen LogP contribution is -2.26. The van der Waals surface area contributed by atoms with Crippen molar-refractivity contribution in [1.82, 2.24) is 29.7 Å². The van der Waals surface area contributed by atoms with E-state index in [0.29, 0.717) is 30.6 Å². The molecule has 1 aliphatic rings. The van der Waals surface area contributed by atoms with Crippen molar-refractivity contribution in [1.29, 1.82) is 0 Å². The molecule has 1 unspecified atom stereocenters. The summed E-state index contributed by atoms with van der Waals surface area (Å²) < 4.78 is 43.3. The molecule has 11 nitrogen and oxygen atoms in total. The van der Waals surface area contributed by atoms with Crippen molar-refractivity contribution in [3.05, 3.63) is 76.5 Å². The average molecular weight is 587 g/mol. The van der Waals surface area contributed by atoms with Gasteiger partial charge in [-0.15, -0.1) is 0 Å². The van der Waals surface area contributed by atoms with Crippen LogP contribution in [0.1, 0.15) is 59.5 Å². The van der Waals surface area contributed by atoms with Crippen LogP contribution >= 0.6 is 11.6 Å². The molecular formula is C26H22ClF3N8O3. The lowest BCUT2D eigenvalue weighted by molar-refractivity contribution is -0.117. The van der Waals surface area contributed by atoms with Gasteiger partial charge in [0.25, 0.3) is 12.3 Å². The van der Waals surface area contributed by atoms with Gasteiger partial charge in [-0.25, -0.2) is 28.1 Å². The first-order valence-corrected chi connectivity index (χ1v) is 12.8. The van der Waals surface area contributed by atoms with Gasteiger partial charge in [-0.05, 0) is 19.4 Å². The number of carbonyl (C=O) groups excluding carboxylic acids is 2. The number of rotatable bonds is 8. The molecule has 1 saturated heterocycles. The number of nitrogens with one attached hydrogen (secondary N) is 1. The summed E-state index contributed by atoms with van der Waals surface area (Å²) >= 11 is 5.79. The normalized spacial score (nSPS) is 14.1. The highest BCUT2D eigenvalue weighted by molar-refractivity contribution is 6.31. The van der Waals surface area contributed by atoms with Crippen LogP contribution < -0.4 is 10.2 Å². The number of hydrogen-bond donors (Lipinski definition) is 2. The summed E-state index contributed by atoms with van der Waals surface area (Å²) in [6.07, 6.45) is 4.69. The van der Waals surface area contributed by atoms with E-state index in [9.17, 15) is 27.9 Å². The van der Waals surface area contributed by atoms with Crippen LogP contribution in [0, 0.1) is 5.82 Å². The second-order valence-corrected chi connectivity index (χ2v) is 9.54. The highest BCUT2D eigenvalue weighted by Crippen LogP contribution is 2.35. The lowest BCUT2D eigenvalue weighted by atomic mass is 10.0. The molecule has 5 rings (SSSR count). The third-order valence-electron chi connectivity index (χ3n) is 6.54. The lowest BCUT2D eigenvalue weighted by Gasteiger charge is -2.18. The number of nitrogens with zero attached hydrogens (tertiary/aromatic N) is 7. The molecule has 0 spiro atoms. The topological polar surface area (TPSA) is 139 Å². The molecule has 0 radical (unpaired) electrons. The van der Waals surface area contributed by atoms with Crippen LogP contribution in [-0.2, 0) is 11.4 Å². The van der Waals surface area contributed by atoms with E-state index in [2.05, 4.69) is 30.4 Å². The van der Waals surface area contributed by atoms with E-state index in [1.807, 2.05) is 0 Å². The van der Waals surface area contributed by atoms with Crippen molar-refractivity contribution in [3.8, 4) is 11.3 Å². The van der Waals surface area contributed by atoms with E-state index < -0.39 is 41.9 Å². The van der Waals surface area contributed by atoms with E-state index in [1.165, 1.54) is 28.2 Å². The van der Waals surface area contributed by atoms with Crippen LogP contribution in [0.15, 0.2) is 43.1 Å². The van der Waals surface area contributed by atoms with E-state index in [-0.39, 0.29) is 34.0 Å². The molecule has 15 heteroatoms. The molecule has 4 heterocycles. The molecule has 2 amide bonds. The smallest absolute Gasteiger partial charge is 0.275 e. The van der Waals surface area contributed by atoms with Gasteiger partial charge in [0.1, 0.15) is 5.69 Å². The van der Waals surface area contributed by atoms with Crippen LogP contribution in [0.3, 0.4) is 0 Å². The molecule has 0 aliphatic carbocycles. The van der Waals surface area contributed by atoms with Gasteiger partial charge in [0.2, 0.25) is 11.9 Å². The summed E-state index contributed by atoms with van der Waals surface area (Å²) in [5, 5.41) is 16.4. The molecule has 1 fully saturated rings. The van der Waals surface area contributed by atoms with Gasteiger partial charge < -0.3 is 10.4 Å². The minimum atomic E-state index is -3.01. The quantitative estimate of drug-likeness (QED) is 0.311. The molecule has 1 aliphatic heterocycles. The fraction of sp³-hybridized carbons (Fsp3) is 0.269. The van der Waals surface area contributed by atoms with Gasteiger partial charge in [-0.3, -0.25) is 24.2 Å². The maximum Gasteiger partial charge on any atom is 0.275 e. The van der Waals surface area contributed by atoms with E-state index in [4.69, 9.17) is 11.6 Å². The predicted octanol–water partition coefficient (Wildman–Crippen LogP) is 4.34. The fourth-order valence-corrected chi connectivity index (χ4v) is 4.59. The zero-order valence-electron chi connectivity index (χ0n) is 21.4. The monoisotopic (exact) mass is 586 g/mol. The zero-order chi connectivity index (χ0) is 29.3. The number of alkyl halides is 2. The molecule has 212 valence electrons. The SMILES string of the molecule is CC(c1cnc(N2CCCC2=O)nc1CO)n1cc(NC(=O)c2cncc(-c3c(C(F)F)ccc(Cl)c3F)n2)cn1. The Bertz CT molecular complexity index is 1630.